The molecule has 0 bridgehead atoms. The zero-order chi connectivity index (χ0) is 8.15. The minimum Gasteiger partial charge on any atom is -0.450 e. The van der Waals surface area contributed by atoms with Crippen molar-refractivity contribution in [1.29, 1.82) is 0 Å². The van der Waals surface area contributed by atoms with Crippen molar-refractivity contribution < 1.29 is 14.6 Å². The van der Waals surface area contributed by atoms with Gasteiger partial charge < -0.3 is 9.84 Å². The first kappa shape index (κ1) is 10.0. The van der Waals surface area contributed by atoms with Gasteiger partial charge in [0.1, 0.15) is 0 Å². The molecule has 0 aliphatic heterocycles. The Balaban J connectivity index is 3.43. The van der Waals surface area contributed by atoms with Gasteiger partial charge in [-0.15, -0.1) is 0 Å². The van der Waals surface area contributed by atoms with E-state index in [9.17, 15) is 4.79 Å². The largest absolute Gasteiger partial charge is 0.506 e. The summed E-state index contributed by atoms with van der Waals surface area (Å²) in [5.74, 6) is 0.473. The van der Waals surface area contributed by atoms with Crippen molar-refractivity contribution in [1.82, 2.24) is 0 Å². The zero-order valence-corrected chi connectivity index (χ0v) is 8.16. The van der Waals surface area contributed by atoms with Crippen LogP contribution in [0.15, 0.2) is 0 Å². The molecule has 0 aliphatic rings. The molecule has 0 aliphatic carbocycles. The van der Waals surface area contributed by atoms with E-state index in [1.807, 2.05) is 36.4 Å². The topological polar surface area (TPSA) is 46.5 Å². The third-order valence-electron chi connectivity index (χ3n) is 0.885. The van der Waals surface area contributed by atoms with E-state index >= 15 is 0 Å². The summed E-state index contributed by atoms with van der Waals surface area (Å²) in [6.07, 6.45) is -0.424. The fraction of sp³-hybridized carbons (Fsp3) is 0.833. The van der Waals surface area contributed by atoms with Gasteiger partial charge in [0.05, 0.1) is 0 Å². The van der Waals surface area contributed by atoms with Crippen LogP contribution in [0, 0.1) is 5.92 Å². The Bertz CT molecular complexity index is 114. The molecule has 60 valence electrons. The van der Waals surface area contributed by atoms with Crippen molar-refractivity contribution in [3.8, 4) is 0 Å². The maximum absolute atomic E-state index is 9.96. The summed E-state index contributed by atoms with van der Waals surface area (Å²) in [4.78, 5) is 9.96. The van der Waals surface area contributed by atoms with Gasteiger partial charge in [-0.3, -0.25) is 0 Å². The van der Waals surface area contributed by atoms with Crippen molar-refractivity contribution in [2.75, 3.05) is 0 Å². The predicted octanol–water partition coefficient (Wildman–Crippen LogP) is 2.49. The van der Waals surface area contributed by atoms with E-state index < -0.39 is 6.16 Å². The van der Waals surface area contributed by atoms with Crippen LogP contribution in [0.25, 0.3) is 0 Å². The maximum atomic E-state index is 9.96. The van der Waals surface area contributed by atoms with Crippen LogP contribution in [0.3, 0.4) is 0 Å². The lowest BCUT2D eigenvalue weighted by molar-refractivity contribution is 0.0814. The van der Waals surface area contributed by atoms with Gasteiger partial charge in [0.15, 0.2) is 4.11 Å². The van der Waals surface area contributed by atoms with Gasteiger partial charge in [0.2, 0.25) is 0 Å². The summed E-state index contributed by atoms with van der Waals surface area (Å²) in [7, 11) is 0. The van der Waals surface area contributed by atoms with Crippen LogP contribution in [-0.4, -0.2) is 15.4 Å². The lowest BCUT2D eigenvalue weighted by Crippen LogP contribution is -2.11. The summed E-state index contributed by atoms with van der Waals surface area (Å²) in [6.45, 7) is 4.05. The zero-order valence-electron chi connectivity index (χ0n) is 6.00. The number of carbonyl (C=O) groups is 1. The van der Waals surface area contributed by atoms with E-state index in [-0.39, 0.29) is 4.11 Å². The lowest BCUT2D eigenvalue weighted by Gasteiger charge is -2.10. The second kappa shape index (κ2) is 4.76. The Morgan fingerprint density at radius 3 is 2.50 bits per heavy atom. The number of rotatable bonds is 3. The Kier molecular flexibility index (Phi) is 4.76. The highest BCUT2D eigenvalue weighted by Gasteiger charge is 2.10. The highest BCUT2D eigenvalue weighted by atomic mass is 127. The summed E-state index contributed by atoms with van der Waals surface area (Å²) < 4.78 is 4.25. The van der Waals surface area contributed by atoms with Crippen molar-refractivity contribution in [2.45, 2.75) is 24.4 Å². The van der Waals surface area contributed by atoms with E-state index in [4.69, 9.17) is 5.11 Å². The molecule has 0 rings (SSSR count). The smallest absolute Gasteiger partial charge is 0.450 e. The van der Waals surface area contributed by atoms with Gasteiger partial charge in [-0.25, -0.2) is 4.79 Å². The first-order valence-electron chi connectivity index (χ1n) is 3.06. The first-order valence-corrected chi connectivity index (χ1v) is 4.30. The Labute approximate surface area is 73.9 Å². The highest BCUT2D eigenvalue weighted by molar-refractivity contribution is 14.1. The summed E-state index contributed by atoms with van der Waals surface area (Å²) in [5.41, 5.74) is 0. The Morgan fingerprint density at radius 2 is 2.20 bits per heavy atom. The number of carboxylic acid groups (broad SMARTS) is 1. The van der Waals surface area contributed by atoms with Crippen LogP contribution in [0.4, 0.5) is 4.79 Å². The van der Waals surface area contributed by atoms with E-state index in [0.29, 0.717) is 5.92 Å². The molecule has 0 aromatic rings. The number of halogens is 1. The van der Waals surface area contributed by atoms with Gasteiger partial charge in [0, 0.05) is 0 Å². The van der Waals surface area contributed by atoms with Crippen LogP contribution >= 0.6 is 22.6 Å². The van der Waals surface area contributed by atoms with Gasteiger partial charge in [-0.2, -0.15) is 0 Å². The molecule has 0 fully saturated rings. The quantitative estimate of drug-likeness (QED) is 0.480. The molecule has 0 saturated carbocycles. The summed E-state index contributed by atoms with van der Waals surface area (Å²) >= 11 is 1.97. The van der Waals surface area contributed by atoms with Crippen molar-refractivity contribution in [3.05, 3.63) is 0 Å². The molecule has 1 N–H and O–H groups in total. The third kappa shape index (κ3) is 6.12. The van der Waals surface area contributed by atoms with Crippen molar-refractivity contribution >= 4 is 28.7 Å². The molecule has 0 spiro atoms. The molecule has 1 unspecified atom stereocenters. The molecule has 3 nitrogen and oxygen atoms in total. The SMILES string of the molecule is CC(C)CC(I)OC(=O)O. The molecular weight excluding hydrogens is 247 g/mol. The fourth-order valence-corrected chi connectivity index (χ4v) is 1.76. The lowest BCUT2D eigenvalue weighted by atomic mass is 10.1. The molecule has 0 amide bonds. The van der Waals surface area contributed by atoms with Gasteiger partial charge >= 0.3 is 6.16 Å². The number of hydrogen-bond acceptors (Lipinski definition) is 2. The van der Waals surface area contributed by atoms with E-state index in [1.165, 1.54) is 0 Å². The molecule has 0 saturated heterocycles. The fourth-order valence-electron chi connectivity index (χ4n) is 0.528. The average Bonchev–Trinajstić information content (AvgIpc) is 1.58. The monoisotopic (exact) mass is 258 g/mol. The van der Waals surface area contributed by atoms with Crippen molar-refractivity contribution in [2.24, 2.45) is 5.92 Å². The first-order chi connectivity index (χ1) is 4.52. The van der Waals surface area contributed by atoms with E-state index in [0.717, 1.165) is 6.42 Å². The standard InChI is InChI=1S/C6H11IO3/c1-4(2)3-5(7)10-6(8)9/h4-5H,3H2,1-2H3,(H,8,9). The van der Waals surface area contributed by atoms with Crippen LogP contribution in [-0.2, 0) is 4.74 Å². The molecule has 1 atom stereocenters. The highest BCUT2D eigenvalue weighted by Crippen LogP contribution is 2.14. The molecule has 4 heteroatoms. The van der Waals surface area contributed by atoms with Crippen LogP contribution in [0.1, 0.15) is 20.3 Å². The van der Waals surface area contributed by atoms with E-state index in [2.05, 4.69) is 4.74 Å². The second-order valence-electron chi connectivity index (χ2n) is 2.42. The Morgan fingerprint density at radius 1 is 1.70 bits per heavy atom. The maximum Gasteiger partial charge on any atom is 0.506 e. The summed E-state index contributed by atoms with van der Waals surface area (Å²) in [6, 6.07) is 0. The third-order valence-corrected chi connectivity index (χ3v) is 1.65. The minimum atomic E-state index is -1.19. The molecule has 0 heterocycles. The predicted molar refractivity (Wildman–Crippen MR) is 46.4 cm³/mol. The number of alkyl halides is 1. The van der Waals surface area contributed by atoms with Crippen LogP contribution < -0.4 is 0 Å². The number of hydrogen-bond donors (Lipinski definition) is 1. The van der Waals surface area contributed by atoms with E-state index in [1.54, 1.807) is 0 Å². The molecule has 0 aromatic heterocycles. The molecule has 0 radical (unpaired) electrons. The normalized spacial score (nSPS) is 13.2. The van der Waals surface area contributed by atoms with Gasteiger partial charge in [-0.1, -0.05) is 13.8 Å². The molecule has 10 heavy (non-hydrogen) atoms. The average molecular weight is 258 g/mol. The molecular formula is C6H11IO3. The van der Waals surface area contributed by atoms with Gasteiger partial charge in [-0.05, 0) is 34.9 Å². The van der Waals surface area contributed by atoms with Crippen LogP contribution in [0.2, 0.25) is 0 Å². The minimum absolute atomic E-state index is 0.213. The molecule has 0 aromatic carbocycles. The second-order valence-corrected chi connectivity index (χ2v) is 3.81. The van der Waals surface area contributed by atoms with Gasteiger partial charge in [0.25, 0.3) is 0 Å². The number of ether oxygens (including phenoxy) is 1. The van der Waals surface area contributed by atoms with Crippen LogP contribution in [0.5, 0.6) is 0 Å². The summed E-state index contributed by atoms with van der Waals surface area (Å²) in [5, 5.41) is 8.17. The Hall–Kier alpha value is 0. The van der Waals surface area contributed by atoms with Crippen molar-refractivity contribution in [3.63, 3.8) is 0 Å².